The molecule has 1 aliphatic rings. The van der Waals surface area contributed by atoms with Crippen LogP contribution in [0.5, 0.6) is 11.5 Å². The SMILES string of the molecule is CC[C@@]1(C)C[C@@](CCNCc2ccc(OC)c(OC)c2)(CCC(C)C)CCO1. The quantitative estimate of drug-likeness (QED) is 0.500. The van der Waals surface area contributed by atoms with E-state index in [1.54, 1.807) is 14.2 Å². The summed E-state index contributed by atoms with van der Waals surface area (Å²) < 4.78 is 16.9. The second-order valence-corrected chi connectivity index (χ2v) is 9.13. The summed E-state index contributed by atoms with van der Waals surface area (Å²) in [7, 11) is 3.35. The third-order valence-corrected chi connectivity index (χ3v) is 6.44. The molecule has 1 heterocycles. The van der Waals surface area contributed by atoms with Gasteiger partial charge in [0.1, 0.15) is 0 Å². The Bertz CT molecular complexity index is 604. The minimum Gasteiger partial charge on any atom is -0.493 e. The van der Waals surface area contributed by atoms with Crippen LogP contribution in [0.4, 0.5) is 0 Å². The lowest BCUT2D eigenvalue weighted by atomic mass is 9.67. The first-order valence-corrected chi connectivity index (χ1v) is 10.9. The third-order valence-electron chi connectivity index (χ3n) is 6.44. The van der Waals surface area contributed by atoms with Crippen LogP contribution in [-0.2, 0) is 11.3 Å². The highest BCUT2D eigenvalue weighted by molar-refractivity contribution is 5.42. The van der Waals surface area contributed by atoms with Crippen LogP contribution in [0.1, 0.15) is 71.8 Å². The third kappa shape index (κ3) is 6.38. The summed E-state index contributed by atoms with van der Waals surface area (Å²) in [6.07, 6.45) is 7.28. The molecule has 28 heavy (non-hydrogen) atoms. The zero-order valence-corrected chi connectivity index (χ0v) is 18.9. The van der Waals surface area contributed by atoms with Crippen molar-refractivity contribution in [2.75, 3.05) is 27.4 Å². The minimum atomic E-state index is 0.0403. The van der Waals surface area contributed by atoms with Gasteiger partial charge in [-0.3, -0.25) is 0 Å². The van der Waals surface area contributed by atoms with Crippen LogP contribution in [0, 0.1) is 11.3 Å². The summed E-state index contributed by atoms with van der Waals surface area (Å²) in [4.78, 5) is 0. The second-order valence-electron chi connectivity index (χ2n) is 9.13. The largest absolute Gasteiger partial charge is 0.493 e. The van der Waals surface area contributed by atoms with Gasteiger partial charge in [-0.2, -0.15) is 0 Å². The molecule has 4 heteroatoms. The Kier molecular flexibility index (Phi) is 8.63. The number of ether oxygens (including phenoxy) is 3. The molecule has 160 valence electrons. The molecule has 1 fully saturated rings. The van der Waals surface area contributed by atoms with E-state index in [1.807, 2.05) is 6.07 Å². The number of rotatable bonds is 11. The van der Waals surface area contributed by atoms with E-state index >= 15 is 0 Å². The highest BCUT2D eigenvalue weighted by Crippen LogP contribution is 2.46. The summed E-state index contributed by atoms with van der Waals surface area (Å²) in [6.45, 7) is 12.0. The van der Waals surface area contributed by atoms with Crippen molar-refractivity contribution in [3.8, 4) is 11.5 Å². The fraction of sp³-hybridized carbons (Fsp3) is 0.750. The van der Waals surface area contributed by atoms with Gasteiger partial charge >= 0.3 is 0 Å². The molecule has 0 bridgehead atoms. The molecule has 4 nitrogen and oxygen atoms in total. The first kappa shape index (κ1) is 23.0. The molecule has 1 aromatic rings. The zero-order chi connectivity index (χ0) is 20.6. The van der Waals surface area contributed by atoms with Gasteiger partial charge in [-0.05, 0) is 74.6 Å². The van der Waals surface area contributed by atoms with Gasteiger partial charge in [0, 0.05) is 13.2 Å². The van der Waals surface area contributed by atoms with E-state index in [1.165, 1.54) is 37.7 Å². The molecular weight excluding hydrogens is 350 g/mol. The van der Waals surface area contributed by atoms with E-state index in [-0.39, 0.29) is 5.60 Å². The number of nitrogens with one attached hydrogen (secondary N) is 1. The number of hydrogen-bond acceptors (Lipinski definition) is 4. The molecular formula is C24H41NO3. The van der Waals surface area contributed by atoms with Crippen molar-refractivity contribution in [2.45, 2.75) is 78.4 Å². The highest BCUT2D eigenvalue weighted by Gasteiger charge is 2.41. The maximum absolute atomic E-state index is 6.15. The van der Waals surface area contributed by atoms with Crippen molar-refractivity contribution in [2.24, 2.45) is 11.3 Å². The zero-order valence-electron chi connectivity index (χ0n) is 18.9. The van der Waals surface area contributed by atoms with Crippen LogP contribution in [0.25, 0.3) is 0 Å². The summed E-state index contributed by atoms with van der Waals surface area (Å²) in [5.74, 6) is 2.32. The monoisotopic (exact) mass is 391 g/mol. The summed E-state index contributed by atoms with van der Waals surface area (Å²) >= 11 is 0. The van der Waals surface area contributed by atoms with Crippen LogP contribution >= 0.6 is 0 Å². The van der Waals surface area contributed by atoms with Gasteiger partial charge in [0.2, 0.25) is 0 Å². The topological polar surface area (TPSA) is 39.7 Å². The first-order valence-electron chi connectivity index (χ1n) is 10.9. The predicted octanol–water partition coefficient (Wildman–Crippen LogP) is 5.59. The van der Waals surface area contributed by atoms with E-state index in [2.05, 4.69) is 45.1 Å². The van der Waals surface area contributed by atoms with Crippen molar-refractivity contribution in [1.29, 1.82) is 0 Å². The Balaban J connectivity index is 1.94. The molecule has 1 aromatic carbocycles. The van der Waals surface area contributed by atoms with Gasteiger partial charge in [0.05, 0.1) is 19.8 Å². The average molecular weight is 392 g/mol. The average Bonchev–Trinajstić information content (AvgIpc) is 2.69. The number of methoxy groups -OCH3 is 2. The maximum atomic E-state index is 6.15. The van der Waals surface area contributed by atoms with E-state index in [9.17, 15) is 0 Å². The molecule has 0 amide bonds. The Labute approximate surface area is 172 Å². The van der Waals surface area contributed by atoms with Gasteiger partial charge in [-0.15, -0.1) is 0 Å². The van der Waals surface area contributed by atoms with Crippen molar-refractivity contribution in [3.05, 3.63) is 23.8 Å². The standard InChI is InChI=1S/C24H41NO3/c1-7-23(4)18-24(13-15-28-23,11-10-19(2)3)12-14-25-17-20-8-9-21(26-5)22(16-20)27-6/h8-9,16,19,25H,7,10-15,17-18H2,1-6H3/t23-,24+/m0/s1. The number of benzene rings is 1. The Morgan fingerprint density at radius 3 is 2.54 bits per heavy atom. The highest BCUT2D eigenvalue weighted by atomic mass is 16.5. The van der Waals surface area contributed by atoms with Gasteiger partial charge < -0.3 is 19.5 Å². The lowest BCUT2D eigenvalue weighted by molar-refractivity contribution is -0.122. The molecule has 0 aliphatic carbocycles. The van der Waals surface area contributed by atoms with E-state index in [0.717, 1.165) is 43.5 Å². The fourth-order valence-electron chi connectivity index (χ4n) is 4.40. The molecule has 1 saturated heterocycles. The van der Waals surface area contributed by atoms with Gasteiger partial charge in [-0.1, -0.05) is 33.3 Å². The second kappa shape index (κ2) is 10.5. The molecule has 1 aliphatic heterocycles. The fourth-order valence-corrected chi connectivity index (χ4v) is 4.40. The Morgan fingerprint density at radius 1 is 1.14 bits per heavy atom. The maximum Gasteiger partial charge on any atom is 0.161 e. The van der Waals surface area contributed by atoms with Crippen LogP contribution in [-0.4, -0.2) is 33.0 Å². The summed E-state index contributed by atoms with van der Waals surface area (Å²) in [5, 5.41) is 3.66. The van der Waals surface area contributed by atoms with Crippen molar-refractivity contribution in [1.82, 2.24) is 5.32 Å². The van der Waals surface area contributed by atoms with Crippen molar-refractivity contribution in [3.63, 3.8) is 0 Å². The molecule has 2 atom stereocenters. The minimum absolute atomic E-state index is 0.0403. The lowest BCUT2D eigenvalue weighted by Crippen LogP contribution is -2.44. The van der Waals surface area contributed by atoms with Crippen LogP contribution < -0.4 is 14.8 Å². The van der Waals surface area contributed by atoms with Crippen LogP contribution in [0.2, 0.25) is 0 Å². The van der Waals surface area contributed by atoms with Crippen molar-refractivity contribution >= 4 is 0 Å². The normalized spacial score (nSPS) is 25.1. The molecule has 1 N–H and O–H groups in total. The molecule has 2 rings (SSSR count). The van der Waals surface area contributed by atoms with Crippen LogP contribution in [0.3, 0.4) is 0 Å². The molecule has 0 unspecified atom stereocenters. The van der Waals surface area contributed by atoms with E-state index in [0.29, 0.717) is 5.41 Å². The van der Waals surface area contributed by atoms with Crippen molar-refractivity contribution < 1.29 is 14.2 Å². The van der Waals surface area contributed by atoms with Crippen LogP contribution in [0.15, 0.2) is 18.2 Å². The lowest BCUT2D eigenvalue weighted by Gasteiger charge is -2.47. The predicted molar refractivity (Wildman–Crippen MR) is 116 cm³/mol. The first-order chi connectivity index (χ1) is 13.4. The molecule has 0 aromatic heterocycles. The van der Waals surface area contributed by atoms with E-state index < -0.39 is 0 Å². The molecule has 0 saturated carbocycles. The number of hydrogen-bond donors (Lipinski definition) is 1. The van der Waals surface area contributed by atoms with E-state index in [4.69, 9.17) is 14.2 Å². The Hall–Kier alpha value is -1.26. The smallest absolute Gasteiger partial charge is 0.161 e. The van der Waals surface area contributed by atoms with Gasteiger partial charge in [-0.25, -0.2) is 0 Å². The summed E-state index contributed by atoms with van der Waals surface area (Å²) in [5.41, 5.74) is 1.66. The summed E-state index contributed by atoms with van der Waals surface area (Å²) in [6, 6.07) is 6.14. The molecule has 0 spiro atoms. The van der Waals surface area contributed by atoms with Gasteiger partial charge in [0.15, 0.2) is 11.5 Å². The van der Waals surface area contributed by atoms with Gasteiger partial charge in [0.25, 0.3) is 0 Å². The Morgan fingerprint density at radius 2 is 1.89 bits per heavy atom. The molecule has 0 radical (unpaired) electrons.